The Kier molecular flexibility index (Phi) is 5.87. The molecule has 0 spiro atoms. The molecule has 0 amide bonds. The molecule has 7 nitrogen and oxygen atoms in total. The van der Waals surface area contributed by atoms with Crippen molar-refractivity contribution in [2.75, 3.05) is 0 Å². The number of carbonyl (C=O) groups excluding carboxylic acids is 2. The van der Waals surface area contributed by atoms with Crippen molar-refractivity contribution in [2.24, 2.45) is 0 Å². The van der Waals surface area contributed by atoms with Crippen LogP contribution < -0.4 is 4.74 Å². The lowest BCUT2D eigenvalue weighted by molar-refractivity contribution is 0.0985. The number of phenolic OH excluding ortho intramolecular Hbond substituents is 1. The molecule has 0 aliphatic rings. The second kappa shape index (κ2) is 8.50. The molecule has 136 valence electrons. The molecule has 2 aromatic heterocycles. The summed E-state index contributed by atoms with van der Waals surface area (Å²) in [6.07, 6.45) is 5.36. The van der Waals surface area contributed by atoms with Crippen LogP contribution in [0.2, 0.25) is 0 Å². The Morgan fingerprint density at radius 1 is 1.19 bits per heavy atom. The Bertz CT molecular complexity index is 963. The number of carbonyl (C=O) groups is 2. The zero-order valence-corrected chi connectivity index (χ0v) is 15.6. The van der Waals surface area contributed by atoms with Crippen LogP contribution in [0.25, 0.3) is 0 Å². The largest absolute Gasteiger partial charge is 0.504 e. The van der Waals surface area contributed by atoms with E-state index in [2.05, 4.69) is 30.9 Å². The molecule has 2 heterocycles. The standard InChI is InChI=1S/C19H14BrN3O4/c20-14-6-17(26)18(5-13(14)10-24)27-11-12-8-22-19(23-9-12)7-16(25)15-3-1-2-4-21-15/h1-6,8-10,26H,7,11H2. The van der Waals surface area contributed by atoms with Gasteiger partial charge in [0.25, 0.3) is 0 Å². The summed E-state index contributed by atoms with van der Waals surface area (Å²) in [4.78, 5) is 35.4. The summed E-state index contributed by atoms with van der Waals surface area (Å²) in [6.45, 7) is 0.0992. The van der Waals surface area contributed by atoms with Gasteiger partial charge in [0.1, 0.15) is 18.1 Å². The first-order chi connectivity index (χ1) is 13.1. The molecule has 8 heteroatoms. The number of ketones is 1. The number of phenols is 1. The maximum absolute atomic E-state index is 12.1. The van der Waals surface area contributed by atoms with Crippen molar-refractivity contribution in [1.29, 1.82) is 0 Å². The van der Waals surface area contributed by atoms with E-state index in [-0.39, 0.29) is 30.3 Å². The third-order valence-corrected chi connectivity index (χ3v) is 4.31. The van der Waals surface area contributed by atoms with E-state index in [1.807, 2.05) is 0 Å². The smallest absolute Gasteiger partial charge is 0.188 e. The summed E-state index contributed by atoms with van der Waals surface area (Å²) in [6, 6.07) is 7.95. The van der Waals surface area contributed by atoms with Crippen molar-refractivity contribution < 1.29 is 19.4 Å². The number of nitrogens with zero attached hydrogens (tertiary/aromatic N) is 3. The SMILES string of the molecule is O=Cc1cc(OCc2cnc(CC(=O)c3ccccn3)nc2)c(O)cc1Br. The predicted octanol–water partition coefficient (Wildman–Crippen LogP) is 3.16. The molecule has 0 saturated carbocycles. The highest BCUT2D eigenvalue weighted by Crippen LogP contribution is 2.32. The number of Topliss-reactive ketones (excluding diaryl/α,β-unsaturated/α-hetero) is 1. The fraction of sp³-hybridized carbons (Fsp3) is 0.105. The topological polar surface area (TPSA) is 102 Å². The fourth-order valence-electron chi connectivity index (χ4n) is 2.23. The highest BCUT2D eigenvalue weighted by Gasteiger charge is 2.11. The van der Waals surface area contributed by atoms with Gasteiger partial charge in [0.15, 0.2) is 23.6 Å². The number of hydrogen-bond donors (Lipinski definition) is 1. The van der Waals surface area contributed by atoms with Crippen LogP contribution in [0.15, 0.2) is 53.4 Å². The first-order valence-corrected chi connectivity index (χ1v) is 8.70. The van der Waals surface area contributed by atoms with E-state index >= 15 is 0 Å². The molecule has 3 aromatic rings. The maximum atomic E-state index is 12.1. The van der Waals surface area contributed by atoms with E-state index in [0.29, 0.717) is 33.4 Å². The second-order valence-electron chi connectivity index (χ2n) is 5.57. The Morgan fingerprint density at radius 2 is 1.96 bits per heavy atom. The number of ether oxygens (including phenoxy) is 1. The Morgan fingerprint density at radius 3 is 2.63 bits per heavy atom. The van der Waals surface area contributed by atoms with Crippen molar-refractivity contribution >= 4 is 28.0 Å². The van der Waals surface area contributed by atoms with Gasteiger partial charge in [0.05, 0.1) is 6.42 Å². The lowest BCUT2D eigenvalue weighted by Crippen LogP contribution is -2.09. The summed E-state index contributed by atoms with van der Waals surface area (Å²) in [5.41, 5.74) is 1.38. The molecule has 0 fully saturated rings. The molecule has 1 N–H and O–H groups in total. The van der Waals surface area contributed by atoms with Crippen molar-refractivity contribution in [3.05, 3.63) is 76.0 Å². The first kappa shape index (κ1) is 18.7. The van der Waals surface area contributed by atoms with E-state index in [9.17, 15) is 14.7 Å². The molecule has 0 aliphatic carbocycles. The van der Waals surface area contributed by atoms with Crippen molar-refractivity contribution in [2.45, 2.75) is 13.0 Å². The lowest BCUT2D eigenvalue weighted by Gasteiger charge is -2.09. The molecule has 0 saturated heterocycles. The van der Waals surface area contributed by atoms with Crippen LogP contribution in [0.3, 0.4) is 0 Å². The van der Waals surface area contributed by atoms with E-state index < -0.39 is 0 Å². The van der Waals surface area contributed by atoms with Gasteiger partial charge in [0, 0.05) is 34.2 Å². The van der Waals surface area contributed by atoms with Crippen LogP contribution in [-0.2, 0) is 13.0 Å². The molecule has 27 heavy (non-hydrogen) atoms. The number of aldehydes is 1. The van der Waals surface area contributed by atoms with Crippen LogP contribution in [0.1, 0.15) is 32.2 Å². The Balaban J connectivity index is 1.63. The first-order valence-electron chi connectivity index (χ1n) is 7.91. The zero-order valence-electron chi connectivity index (χ0n) is 14.0. The van der Waals surface area contributed by atoms with Crippen molar-refractivity contribution in [1.82, 2.24) is 15.0 Å². The molecule has 0 atom stereocenters. The monoisotopic (exact) mass is 427 g/mol. The molecule has 0 radical (unpaired) electrons. The molecular formula is C19H14BrN3O4. The van der Waals surface area contributed by atoms with Gasteiger partial charge in [-0.15, -0.1) is 0 Å². The molecule has 0 aliphatic heterocycles. The third kappa shape index (κ3) is 4.73. The van der Waals surface area contributed by atoms with Gasteiger partial charge < -0.3 is 9.84 Å². The van der Waals surface area contributed by atoms with E-state index in [4.69, 9.17) is 4.74 Å². The summed E-state index contributed by atoms with van der Waals surface area (Å²) >= 11 is 3.18. The molecular weight excluding hydrogens is 414 g/mol. The van der Waals surface area contributed by atoms with Crippen molar-refractivity contribution in [3.8, 4) is 11.5 Å². The normalized spacial score (nSPS) is 10.4. The summed E-state index contributed by atoms with van der Waals surface area (Å²) in [5.74, 6) is 0.297. The Hall–Kier alpha value is -3.13. The lowest BCUT2D eigenvalue weighted by atomic mass is 10.2. The van der Waals surface area contributed by atoms with Crippen LogP contribution in [-0.4, -0.2) is 32.1 Å². The highest BCUT2D eigenvalue weighted by molar-refractivity contribution is 9.10. The minimum atomic E-state index is -0.166. The van der Waals surface area contributed by atoms with E-state index in [0.717, 1.165) is 0 Å². The number of aromatic hydroxyl groups is 1. The molecule has 1 aromatic carbocycles. The maximum Gasteiger partial charge on any atom is 0.188 e. The number of rotatable bonds is 7. The average molecular weight is 428 g/mol. The Labute approximate surface area is 163 Å². The van der Waals surface area contributed by atoms with Gasteiger partial charge in [-0.1, -0.05) is 6.07 Å². The molecule has 3 rings (SSSR count). The van der Waals surface area contributed by atoms with Gasteiger partial charge in [-0.25, -0.2) is 9.97 Å². The molecule has 0 unspecified atom stereocenters. The van der Waals surface area contributed by atoms with Gasteiger partial charge in [-0.2, -0.15) is 0 Å². The summed E-state index contributed by atoms with van der Waals surface area (Å²) in [7, 11) is 0. The van der Waals surface area contributed by atoms with Gasteiger partial charge >= 0.3 is 0 Å². The van der Waals surface area contributed by atoms with Crippen LogP contribution >= 0.6 is 15.9 Å². The van der Waals surface area contributed by atoms with Gasteiger partial charge in [-0.05, 0) is 40.2 Å². The number of aromatic nitrogens is 3. The number of hydrogen-bond acceptors (Lipinski definition) is 7. The summed E-state index contributed by atoms with van der Waals surface area (Å²) in [5, 5.41) is 9.90. The summed E-state index contributed by atoms with van der Waals surface area (Å²) < 4.78 is 6.00. The van der Waals surface area contributed by atoms with Gasteiger partial charge in [0.2, 0.25) is 0 Å². The van der Waals surface area contributed by atoms with Crippen LogP contribution in [0.5, 0.6) is 11.5 Å². The zero-order chi connectivity index (χ0) is 19.2. The molecule has 0 bridgehead atoms. The van der Waals surface area contributed by atoms with E-state index in [1.165, 1.54) is 12.1 Å². The minimum absolute atomic E-state index is 0.0499. The number of pyridine rings is 1. The highest BCUT2D eigenvalue weighted by atomic mass is 79.9. The van der Waals surface area contributed by atoms with Crippen LogP contribution in [0, 0.1) is 0 Å². The predicted molar refractivity (Wildman–Crippen MR) is 99.8 cm³/mol. The minimum Gasteiger partial charge on any atom is -0.504 e. The fourth-order valence-corrected chi connectivity index (χ4v) is 2.66. The number of benzene rings is 1. The average Bonchev–Trinajstić information content (AvgIpc) is 2.69. The van der Waals surface area contributed by atoms with Crippen molar-refractivity contribution in [3.63, 3.8) is 0 Å². The quantitative estimate of drug-likeness (QED) is 0.456. The number of halogens is 1. The third-order valence-electron chi connectivity index (χ3n) is 3.63. The van der Waals surface area contributed by atoms with Gasteiger partial charge in [-0.3, -0.25) is 14.6 Å². The van der Waals surface area contributed by atoms with Crippen LogP contribution in [0.4, 0.5) is 0 Å². The van der Waals surface area contributed by atoms with E-state index in [1.54, 1.807) is 36.8 Å². The second-order valence-corrected chi connectivity index (χ2v) is 6.42.